The van der Waals surface area contributed by atoms with Gasteiger partial charge in [-0.3, -0.25) is 14.4 Å². The molecule has 0 aliphatic carbocycles. The van der Waals surface area contributed by atoms with E-state index in [-0.39, 0.29) is 16.6 Å². The van der Waals surface area contributed by atoms with Crippen molar-refractivity contribution in [3.63, 3.8) is 0 Å². The van der Waals surface area contributed by atoms with E-state index in [2.05, 4.69) is 5.32 Å². The van der Waals surface area contributed by atoms with Gasteiger partial charge in [0.1, 0.15) is 16.5 Å². The Morgan fingerprint density at radius 3 is 2.50 bits per heavy atom. The molecule has 2 aromatic carbocycles. The van der Waals surface area contributed by atoms with Crippen LogP contribution in [0.4, 0.5) is 11.4 Å². The molecule has 154 valence electrons. The molecule has 0 bridgehead atoms. The maximum atomic E-state index is 13.0. The largest absolute Gasteiger partial charge is 0.495 e. The number of amides is 3. The lowest BCUT2D eigenvalue weighted by molar-refractivity contribution is -0.120. The molecule has 1 N–H and O–H groups in total. The molecule has 4 rings (SSSR count). The number of nitrogens with zero attached hydrogens (tertiary/aromatic N) is 2. The van der Waals surface area contributed by atoms with Gasteiger partial charge in [-0.05, 0) is 43.2 Å². The highest BCUT2D eigenvalue weighted by Crippen LogP contribution is 2.35. The molecular formula is C22H20ClN3O4. The Morgan fingerprint density at radius 2 is 1.77 bits per heavy atom. The lowest BCUT2D eigenvalue weighted by Crippen LogP contribution is -2.32. The van der Waals surface area contributed by atoms with Gasteiger partial charge in [-0.2, -0.15) is 0 Å². The number of carbonyl (C=O) groups is 3. The first kappa shape index (κ1) is 20.0. The number of ether oxygens (including phenoxy) is 1. The van der Waals surface area contributed by atoms with Crippen LogP contribution < -0.4 is 15.0 Å². The zero-order chi connectivity index (χ0) is 21.3. The number of anilines is 2. The number of halogens is 1. The molecule has 2 aliphatic rings. The Kier molecular flexibility index (Phi) is 5.46. The number of carbonyl (C=O) groups excluding carboxylic acids is 3. The van der Waals surface area contributed by atoms with Crippen LogP contribution in [0.25, 0.3) is 0 Å². The van der Waals surface area contributed by atoms with Gasteiger partial charge in [0.05, 0.1) is 12.8 Å². The fourth-order valence-electron chi connectivity index (χ4n) is 3.62. The molecule has 8 heteroatoms. The summed E-state index contributed by atoms with van der Waals surface area (Å²) < 4.78 is 5.26. The second kappa shape index (κ2) is 8.20. The molecule has 2 aromatic rings. The molecule has 0 unspecified atom stereocenters. The van der Waals surface area contributed by atoms with Crippen molar-refractivity contribution in [3.05, 3.63) is 64.8 Å². The molecule has 7 nitrogen and oxygen atoms in total. The summed E-state index contributed by atoms with van der Waals surface area (Å²) in [6.07, 6.45) is 2.00. The highest BCUT2D eigenvalue weighted by molar-refractivity contribution is 6.53. The monoisotopic (exact) mass is 425 g/mol. The van der Waals surface area contributed by atoms with Crippen LogP contribution in [-0.2, 0) is 9.59 Å². The van der Waals surface area contributed by atoms with Gasteiger partial charge in [0.2, 0.25) is 0 Å². The van der Waals surface area contributed by atoms with E-state index in [1.807, 2.05) is 0 Å². The number of methoxy groups -OCH3 is 1. The smallest absolute Gasteiger partial charge is 0.283 e. The molecule has 1 fully saturated rings. The summed E-state index contributed by atoms with van der Waals surface area (Å²) in [7, 11) is 1.46. The predicted molar refractivity (Wildman–Crippen MR) is 114 cm³/mol. The summed E-state index contributed by atoms with van der Waals surface area (Å²) in [5, 5.41) is 2.70. The molecule has 0 saturated carbocycles. The number of hydrogen-bond donors (Lipinski definition) is 1. The summed E-state index contributed by atoms with van der Waals surface area (Å²) in [6.45, 7) is 1.49. The number of likely N-dealkylation sites (tertiary alicyclic amines) is 1. The summed E-state index contributed by atoms with van der Waals surface area (Å²) in [6, 6.07) is 13.5. The third-order valence-corrected chi connectivity index (χ3v) is 5.48. The second-order valence-electron chi connectivity index (χ2n) is 7.01. The number of nitrogens with one attached hydrogen (secondary N) is 1. The molecule has 1 saturated heterocycles. The van der Waals surface area contributed by atoms with Crippen molar-refractivity contribution in [2.24, 2.45) is 0 Å². The van der Waals surface area contributed by atoms with Crippen LogP contribution in [0, 0.1) is 0 Å². The third-order valence-electron chi connectivity index (χ3n) is 5.13. The van der Waals surface area contributed by atoms with E-state index in [0.29, 0.717) is 22.7 Å². The van der Waals surface area contributed by atoms with E-state index >= 15 is 0 Å². The molecule has 0 atom stereocenters. The van der Waals surface area contributed by atoms with Gasteiger partial charge in [-0.25, -0.2) is 4.90 Å². The Balaban J connectivity index is 1.59. The molecule has 2 heterocycles. The van der Waals surface area contributed by atoms with Crippen molar-refractivity contribution < 1.29 is 19.1 Å². The average molecular weight is 426 g/mol. The maximum absolute atomic E-state index is 13.0. The number of imide groups is 1. The molecule has 0 radical (unpaired) electrons. The van der Waals surface area contributed by atoms with Gasteiger partial charge >= 0.3 is 0 Å². The van der Waals surface area contributed by atoms with Gasteiger partial charge in [0.15, 0.2) is 0 Å². The number of benzene rings is 2. The zero-order valence-electron chi connectivity index (χ0n) is 16.4. The van der Waals surface area contributed by atoms with Crippen LogP contribution in [-0.4, -0.2) is 42.8 Å². The van der Waals surface area contributed by atoms with Crippen molar-refractivity contribution in [3.8, 4) is 5.75 Å². The van der Waals surface area contributed by atoms with Gasteiger partial charge in [-0.15, -0.1) is 0 Å². The highest BCUT2D eigenvalue weighted by atomic mass is 35.5. The molecule has 3 amide bonds. The van der Waals surface area contributed by atoms with Crippen molar-refractivity contribution in [2.45, 2.75) is 12.8 Å². The first-order valence-corrected chi connectivity index (χ1v) is 9.97. The number of hydrogen-bond acceptors (Lipinski definition) is 5. The Hall–Kier alpha value is -3.32. The van der Waals surface area contributed by atoms with Crippen LogP contribution in [0.1, 0.15) is 23.2 Å². The fourth-order valence-corrected chi connectivity index (χ4v) is 3.83. The summed E-state index contributed by atoms with van der Waals surface area (Å²) in [5.74, 6) is -0.910. The topological polar surface area (TPSA) is 79.0 Å². The van der Waals surface area contributed by atoms with E-state index in [0.717, 1.165) is 30.8 Å². The standard InChI is InChI=1S/C22H20ClN3O4/c1-30-17-10-3-2-9-16(17)26-21(28)18(23)19(22(26)29)24-15-8-6-7-14(13-15)20(27)25-11-4-5-12-25/h2-3,6-10,13,24H,4-5,11-12H2,1H3. The van der Waals surface area contributed by atoms with Crippen LogP contribution in [0.2, 0.25) is 0 Å². The summed E-state index contributed by atoms with van der Waals surface area (Å²) in [4.78, 5) is 41.1. The minimum atomic E-state index is -0.641. The van der Waals surface area contributed by atoms with Crippen molar-refractivity contribution in [2.75, 3.05) is 30.4 Å². The van der Waals surface area contributed by atoms with Crippen molar-refractivity contribution >= 4 is 40.7 Å². The minimum Gasteiger partial charge on any atom is -0.495 e. The van der Waals surface area contributed by atoms with E-state index in [1.165, 1.54) is 7.11 Å². The molecule has 0 aromatic heterocycles. The summed E-state index contributed by atoms with van der Waals surface area (Å²) in [5.41, 5.74) is 1.27. The molecule has 0 spiro atoms. The van der Waals surface area contributed by atoms with Gasteiger partial charge in [0, 0.05) is 24.3 Å². The first-order chi connectivity index (χ1) is 14.5. The Labute approximate surface area is 178 Å². The Morgan fingerprint density at radius 1 is 1.03 bits per heavy atom. The van der Waals surface area contributed by atoms with Crippen molar-refractivity contribution in [1.29, 1.82) is 0 Å². The van der Waals surface area contributed by atoms with E-state index in [4.69, 9.17) is 16.3 Å². The quantitative estimate of drug-likeness (QED) is 0.743. The van der Waals surface area contributed by atoms with Crippen LogP contribution >= 0.6 is 11.6 Å². The van der Waals surface area contributed by atoms with E-state index < -0.39 is 11.8 Å². The average Bonchev–Trinajstić information content (AvgIpc) is 3.37. The number of rotatable bonds is 5. The molecule has 2 aliphatic heterocycles. The highest BCUT2D eigenvalue weighted by Gasteiger charge is 2.40. The maximum Gasteiger partial charge on any atom is 0.283 e. The van der Waals surface area contributed by atoms with Gasteiger partial charge < -0.3 is 15.0 Å². The van der Waals surface area contributed by atoms with E-state index in [1.54, 1.807) is 53.4 Å². The van der Waals surface area contributed by atoms with Gasteiger partial charge in [0.25, 0.3) is 17.7 Å². The lowest BCUT2D eigenvalue weighted by atomic mass is 10.1. The first-order valence-electron chi connectivity index (χ1n) is 9.59. The lowest BCUT2D eigenvalue weighted by Gasteiger charge is -2.18. The zero-order valence-corrected chi connectivity index (χ0v) is 17.1. The fraction of sp³-hybridized carbons (Fsp3) is 0.227. The van der Waals surface area contributed by atoms with E-state index in [9.17, 15) is 14.4 Å². The summed E-state index contributed by atoms with van der Waals surface area (Å²) >= 11 is 6.21. The van der Waals surface area contributed by atoms with Gasteiger partial charge in [-0.1, -0.05) is 29.8 Å². The normalized spacial score (nSPS) is 16.5. The van der Waals surface area contributed by atoms with Crippen LogP contribution in [0.15, 0.2) is 59.3 Å². The van der Waals surface area contributed by atoms with Crippen LogP contribution in [0.3, 0.4) is 0 Å². The van der Waals surface area contributed by atoms with Crippen molar-refractivity contribution in [1.82, 2.24) is 4.90 Å². The third kappa shape index (κ3) is 3.52. The number of para-hydroxylation sites is 2. The molecular weight excluding hydrogens is 406 g/mol. The SMILES string of the molecule is COc1ccccc1N1C(=O)C(Cl)=C(Nc2cccc(C(=O)N3CCCC3)c2)C1=O. The van der Waals surface area contributed by atoms with Crippen LogP contribution in [0.5, 0.6) is 5.75 Å². The predicted octanol–water partition coefficient (Wildman–Crippen LogP) is 3.37. The minimum absolute atomic E-state index is 0.0432. The molecule has 30 heavy (non-hydrogen) atoms. The second-order valence-corrected chi connectivity index (χ2v) is 7.39. The Bertz CT molecular complexity index is 1060.